The number of nitrogens with one attached hydrogen (secondary N) is 1. The van der Waals surface area contributed by atoms with Gasteiger partial charge in [-0.3, -0.25) is 4.79 Å². The monoisotopic (exact) mass is 270 g/mol. The maximum Gasteiger partial charge on any atom is 0.236 e. The quantitative estimate of drug-likeness (QED) is 0.782. The van der Waals surface area contributed by atoms with Gasteiger partial charge in [0, 0.05) is 45.7 Å². The number of likely N-dealkylation sites (tertiary alicyclic amines) is 1. The lowest BCUT2D eigenvalue weighted by atomic mass is 9.94. The summed E-state index contributed by atoms with van der Waals surface area (Å²) in [5.74, 6) is 0.164. The first kappa shape index (κ1) is 14.8. The number of carbonyl (C=O) groups excluding carboxylic acids is 1. The number of rotatable bonds is 4. The number of hydrogen-bond acceptors (Lipinski definition) is 4. The summed E-state index contributed by atoms with van der Waals surface area (Å²) in [6, 6.07) is 0. The molecule has 0 spiro atoms. The van der Waals surface area contributed by atoms with Crippen molar-refractivity contribution in [3.05, 3.63) is 0 Å². The fourth-order valence-electron chi connectivity index (χ4n) is 2.76. The summed E-state index contributed by atoms with van der Waals surface area (Å²) in [7, 11) is 0. The Balaban J connectivity index is 1.67. The van der Waals surface area contributed by atoms with E-state index in [9.17, 15) is 9.90 Å². The molecule has 5 nitrogen and oxygen atoms in total. The van der Waals surface area contributed by atoms with Crippen LogP contribution in [0.25, 0.3) is 0 Å². The van der Waals surface area contributed by atoms with Gasteiger partial charge in [-0.15, -0.1) is 0 Å². The van der Waals surface area contributed by atoms with Gasteiger partial charge in [0.05, 0.1) is 12.1 Å². The summed E-state index contributed by atoms with van der Waals surface area (Å²) in [6.45, 7) is 3.81. The summed E-state index contributed by atoms with van der Waals surface area (Å²) < 4.78 is 5.24. The van der Waals surface area contributed by atoms with Crippen molar-refractivity contribution >= 4 is 5.91 Å². The molecule has 0 saturated carbocycles. The van der Waals surface area contributed by atoms with Crippen molar-refractivity contribution in [3.8, 4) is 0 Å². The van der Waals surface area contributed by atoms with Crippen LogP contribution in [0.15, 0.2) is 0 Å². The van der Waals surface area contributed by atoms with E-state index < -0.39 is 5.60 Å². The van der Waals surface area contributed by atoms with Crippen LogP contribution < -0.4 is 5.32 Å². The molecular weight excluding hydrogens is 244 g/mol. The van der Waals surface area contributed by atoms with Crippen LogP contribution in [0.1, 0.15) is 38.5 Å². The molecule has 2 aliphatic rings. The topological polar surface area (TPSA) is 61.8 Å². The van der Waals surface area contributed by atoms with Crippen molar-refractivity contribution in [2.24, 2.45) is 0 Å². The minimum atomic E-state index is -0.697. The zero-order valence-corrected chi connectivity index (χ0v) is 11.7. The Hall–Kier alpha value is -0.650. The van der Waals surface area contributed by atoms with E-state index in [0.717, 1.165) is 25.9 Å². The molecule has 110 valence electrons. The number of nitrogens with zero attached hydrogens (tertiary/aromatic N) is 1. The van der Waals surface area contributed by atoms with Crippen LogP contribution >= 0.6 is 0 Å². The van der Waals surface area contributed by atoms with E-state index in [1.165, 1.54) is 12.8 Å². The average Bonchev–Trinajstić information content (AvgIpc) is 2.68. The molecule has 0 radical (unpaired) electrons. The van der Waals surface area contributed by atoms with Gasteiger partial charge >= 0.3 is 0 Å². The van der Waals surface area contributed by atoms with Gasteiger partial charge in [0.1, 0.15) is 0 Å². The highest BCUT2D eigenvalue weighted by molar-refractivity contribution is 5.78. The lowest BCUT2D eigenvalue weighted by molar-refractivity contribution is -0.130. The molecule has 0 aliphatic carbocycles. The average molecular weight is 270 g/mol. The highest BCUT2D eigenvalue weighted by Gasteiger charge is 2.29. The van der Waals surface area contributed by atoms with Crippen molar-refractivity contribution in [2.75, 3.05) is 39.4 Å². The molecule has 0 aromatic carbocycles. The van der Waals surface area contributed by atoms with Crippen molar-refractivity contribution in [1.82, 2.24) is 10.2 Å². The zero-order valence-electron chi connectivity index (χ0n) is 11.7. The number of amides is 1. The maximum absolute atomic E-state index is 12.1. The van der Waals surface area contributed by atoms with E-state index in [0.29, 0.717) is 39.1 Å². The molecule has 2 saturated heterocycles. The van der Waals surface area contributed by atoms with Crippen molar-refractivity contribution in [1.29, 1.82) is 0 Å². The van der Waals surface area contributed by atoms with E-state index in [1.807, 2.05) is 4.90 Å². The largest absolute Gasteiger partial charge is 0.388 e. The molecule has 0 unspecified atom stereocenters. The van der Waals surface area contributed by atoms with E-state index in [2.05, 4.69) is 5.32 Å². The van der Waals surface area contributed by atoms with Gasteiger partial charge in [-0.2, -0.15) is 0 Å². The van der Waals surface area contributed by atoms with E-state index in [-0.39, 0.29) is 5.91 Å². The van der Waals surface area contributed by atoms with Gasteiger partial charge in [-0.1, -0.05) is 12.8 Å². The van der Waals surface area contributed by atoms with Crippen LogP contribution in [0, 0.1) is 0 Å². The van der Waals surface area contributed by atoms with Crippen molar-refractivity contribution in [2.45, 2.75) is 44.1 Å². The fraction of sp³-hybridized carbons (Fsp3) is 0.929. The Bertz CT molecular complexity index is 282. The molecule has 1 amide bonds. The molecular formula is C14H26N2O3. The van der Waals surface area contributed by atoms with Crippen LogP contribution in [-0.2, 0) is 9.53 Å². The summed E-state index contributed by atoms with van der Waals surface area (Å²) in [5, 5.41) is 13.4. The second-order valence-electron chi connectivity index (χ2n) is 5.74. The Morgan fingerprint density at radius 1 is 1.16 bits per heavy atom. The number of carbonyl (C=O) groups is 1. The highest BCUT2D eigenvalue weighted by Crippen LogP contribution is 2.19. The lowest BCUT2D eigenvalue weighted by Gasteiger charge is -2.32. The molecule has 0 bridgehead atoms. The second-order valence-corrected chi connectivity index (χ2v) is 5.74. The highest BCUT2D eigenvalue weighted by atomic mass is 16.5. The summed E-state index contributed by atoms with van der Waals surface area (Å²) >= 11 is 0. The summed E-state index contributed by atoms with van der Waals surface area (Å²) in [6.07, 6.45) is 6.00. The smallest absolute Gasteiger partial charge is 0.236 e. The first-order valence-electron chi connectivity index (χ1n) is 7.48. The van der Waals surface area contributed by atoms with Crippen LogP contribution in [-0.4, -0.2) is 60.9 Å². The molecule has 0 aromatic rings. The normalized spacial score (nSPS) is 23.9. The minimum absolute atomic E-state index is 0.164. The summed E-state index contributed by atoms with van der Waals surface area (Å²) in [4.78, 5) is 14.0. The number of ether oxygens (including phenoxy) is 1. The van der Waals surface area contributed by atoms with Gasteiger partial charge in [0.25, 0.3) is 0 Å². The Morgan fingerprint density at radius 2 is 1.79 bits per heavy atom. The van der Waals surface area contributed by atoms with E-state index in [1.54, 1.807) is 0 Å². The summed E-state index contributed by atoms with van der Waals surface area (Å²) in [5.41, 5.74) is -0.697. The number of aliphatic hydroxyl groups is 1. The molecule has 0 aromatic heterocycles. The molecule has 2 heterocycles. The second kappa shape index (κ2) is 7.22. The Labute approximate surface area is 115 Å². The van der Waals surface area contributed by atoms with Gasteiger partial charge < -0.3 is 20.1 Å². The third kappa shape index (κ3) is 4.75. The lowest BCUT2D eigenvalue weighted by Crippen LogP contribution is -2.48. The third-order valence-corrected chi connectivity index (χ3v) is 4.11. The van der Waals surface area contributed by atoms with Crippen molar-refractivity contribution < 1.29 is 14.6 Å². The maximum atomic E-state index is 12.1. The van der Waals surface area contributed by atoms with Crippen LogP contribution in [0.4, 0.5) is 0 Å². The Morgan fingerprint density at radius 3 is 2.42 bits per heavy atom. The first-order chi connectivity index (χ1) is 9.20. The molecule has 19 heavy (non-hydrogen) atoms. The molecule has 2 fully saturated rings. The minimum Gasteiger partial charge on any atom is -0.388 e. The van der Waals surface area contributed by atoms with Crippen molar-refractivity contribution in [3.63, 3.8) is 0 Å². The third-order valence-electron chi connectivity index (χ3n) is 4.11. The first-order valence-corrected chi connectivity index (χ1v) is 7.48. The van der Waals surface area contributed by atoms with Crippen LogP contribution in [0.3, 0.4) is 0 Å². The standard InChI is InChI=1S/C14H26N2O3/c17-13(16-7-3-1-2-4-8-16)11-15-12-14(18)5-9-19-10-6-14/h15,18H,1-12H2. The van der Waals surface area contributed by atoms with Crippen LogP contribution in [0.5, 0.6) is 0 Å². The van der Waals surface area contributed by atoms with Gasteiger partial charge in [0.2, 0.25) is 5.91 Å². The van der Waals surface area contributed by atoms with Crippen LogP contribution in [0.2, 0.25) is 0 Å². The SMILES string of the molecule is O=C(CNCC1(O)CCOCC1)N1CCCCCC1. The van der Waals surface area contributed by atoms with Gasteiger partial charge in [-0.25, -0.2) is 0 Å². The van der Waals surface area contributed by atoms with E-state index >= 15 is 0 Å². The molecule has 5 heteroatoms. The predicted octanol–water partition coefficient (Wildman–Crippen LogP) is 0.520. The molecule has 2 aliphatic heterocycles. The van der Waals surface area contributed by atoms with Gasteiger partial charge in [-0.05, 0) is 12.8 Å². The fourth-order valence-corrected chi connectivity index (χ4v) is 2.76. The predicted molar refractivity (Wildman–Crippen MR) is 72.9 cm³/mol. The molecule has 2 N–H and O–H groups in total. The van der Waals surface area contributed by atoms with E-state index in [4.69, 9.17) is 4.74 Å². The number of hydrogen-bond donors (Lipinski definition) is 2. The zero-order chi connectivity index (χ0) is 13.6. The van der Waals surface area contributed by atoms with Gasteiger partial charge in [0.15, 0.2) is 0 Å². The molecule has 0 atom stereocenters. The Kier molecular flexibility index (Phi) is 5.60. The molecule has 2 rings (SSSR count).